The van der Waals surface area contributed by atoms with Gasteiger partial charge in [-0.3, -0.25) is 0 Å². The molecule has 1 heterocycles. The third-order valence-electron chi connectivity index (χ3n) is 3.36. The molecule has 0 aromatic rings. The van der Waals surface area contributed by atoms with Gasteiger partial charge in [-0.15, -0.1) is 0 Å². The molecule has 1 N–H and O–H groups in total. The van der Waals surface area contributed by atoms with Crippen LogP contribution >= 0.6 is 11.8 Å². The van der Waals surface area contributed by atoms with Crippen LogP contribution in [0.2, 0.25) is 0 Å². The van der Waals surface area contributed by atoms with Gasteiger partial charge in [0.25, 0.3) is 0 Å². The molecule has 1 aliphatic heterocycles. The maximum absolute atomic E-state index is 3.83. The smallest absolute Gasteiger partial charge is 0.0201 e. The Kier molecular flexibility index (Phi) is 5.32. The van der Waals surface area contributed by atoms with Crippen molar-refractivity contribution in [3.05, 3.63) is 0 Å². The highest BCUT2D eigenvalue weighted by Crippen LogP contribution is 2.34. The van der Waals surface area contributed by atoms with Gasteiger partial charge in [0.05, 0.1) is 0 Å². The van der Waals surface area contributed by atoms with E-state index in [1.807, 2.05) is 0 Å². The van der Waals surface area contributed by atoms with Crippen LogP contribution in [0.5, 0.6) is 0 Å². The van der Waals surface area contributed by atoms with E-state index in [0.717, 1.165) is 22.6 Å². The second-order valence-corrected chi connectivity index (χ2v) is 5.71. The Hall–Kier alpha value is 0.310. The zero-order valence-corrected chi connectivity index (χ0v) is 10.9. The second kappa shape index (κ2) is 6.02. The van der Waals surface area contributed by atoms with Gasteiger partial charge >= 0.3 is 0 Å². The third-order valence-corrected chi connectivity index (χ3v) is 5.38. The summed E-state index contributed by atoms with van der Waals surface area (Å²) in [5.74, 6) is 0. The van der Waals surface area contributed by atoms with Crippen molar-refractivity contribution < 1.29 is 0 Å². The first-order valence-corrected chi connectivity index (χ1v) is 7.12. The Morgan fingerprint density at radius 1 is 0.786 bits per heavy atom. The Bertz CT molecular complexity index is 126. The molecule has 1 saturated heterocycles. The highest BCUT2D eigenvalue weighted by Gasteiger charge is 2.33. The summed E-state index contributed by atoms with van der Waals surface area (Å²) < 4.78 is 0. The van der Waals surface area contributed by atoms with Crippen LogP contribution in [0.4, 0.5) is 0 Å². The molecule has 14 heavy (non-hydrogen) atoms. The van der Waals surface area contributed by atoms with Crippen molar-refractivity contribution in [3.63, 3.8) is 0 Å². The summed E-state index contributed by atoms with van der Waals surface area (Å²) >= 11 is 2.23. The minimum atomic E-state index is 0.748. The van der Waals surface area contributed by atoms with Gasteiger partial charge in [-0.05, 0) is 25.7 Å². The van der Waals surface area contributed by atoms with E-state index in [1.165, 1.54) is 25.7 Å². The summed E-state index contributed by atoms with van der Waals surface area (Å²) in [6.07, 6.45) is 5.17. The first kappa shape index (κ1) is 12.4. The molecule has 0 radical (unpaired) electrons. The van der Waals surface area contributed by atoms with Crippen LogP contribution in [-0.2, 0) is 0 Å². The van der Waals surface area contributed by atoms with Gasteiger partial charge in [0, 0.05) is 22.6 Å². The van der Waals surface area contributed by atoms with Gasteiger partial charge in [0.1, 0.15) is 0 Å². The highest BCUT2D eigenvalue weighted by molar-refractivity contribution is 8.00. The lowest BCUT2D eigenvalue weighted by Gasteiger charge is -2.41. The lowest BCUT2D eigenvalue weighted by atomic mass is 10.0. The summed E-state index contributed by atoms with van der Waals surface area (Å²) in [5.41, 5.74) is 0. The molecular formula is C12H25NS. The molecular weight excluding hydrogens is 190 g/mol. The highest BCUT2D eigenvalue weighted by atomic mass is 32.2. The van der Waals surface area contributed by atoms with Crippen molar-refractivity contribution in [2.45, 2.75) is 76.0 Å². The van der Waals surface area contributed by atoms with Gasteiger partial charge < -0.3 is 5.32 Å². The van der Waals surface area contributed by atoms with Crippen LogP contribution in [0.25, 0.3) is 0 Å². The van der Waals surface area contributed by atoms with Gasteiger partial charge in [-0.2, -0.15) is 11.8 Å². The zero-order valence-electron chi connectivity index (χ0n) is 10.0. The maximum Gasteiger partial charge on any atom is 0.0201 e. The van der Waals surface area contributed by atoms with Crippen molar-refractivity contribution in [3.8, 4) is 0 Å². The Balaban J connectivity index is 2.59. The Labute approximate surface area is 93.4 Å². The largest absolute Gasteiger partial charge is 0.309 e. The summed E-state index contributed by atoms with van der Waals surface area (Å²) in [4.78, 5) is 0. The monoisotopic (exact) mass is 215 g/mol. The van der Waals surface area contributed by atoms with Gasteiger partial charge in [0.2, 0.25) is 0 Å². The number of rotatable bonds is 4. The normalized spacial score (nSPS) is 38.6. The topological polar surface area (TPSA) is 12.0 Å². The van der Waals surface area contributed by atoms with Crippen molar-refractivity contribution >= 4 is 11.8 Å². The molecule has 0 spiro atoms. The second-order valence-electron chi connectivity index (χ2n) is 4.23. The van der Waals surface area contributed by atoms with E-state index < -0.39 is 0 Å². The summed E-state index contributed by atoms with van der Waals surface area (Å²) in [6, 6.07) is 1.50. The molecule has 1 rings (SSSR count). The Morgan fingerprint density at radius 2 is 1.21 bits per heavy atom. The average Bonchev–Trinajstić information content (AvgIpc) is 2.26. The van der Waals surface area contributed by atoms with Crippen LogP contribution < -0.4 is 5.32 Å². The van der Waals surface area contributed by atoms with Crippen LogP contribution in [-0.4, -0.2) is 22.6 Å². The standard InChI is InChI=1S/C12H25NS/c1-5-9-11(7-3)14-12(8-4)10(6-2)13-9/h9-13H,5-8H2,1-4H3. The van der Waals surface area contributed by atoms with Crippen LogP contribution in [0.3, 0.4) is 0 Å². The molecule has 1 aliphatic rings. The minimum Gasteiger partial charge on any atom is -0.309 e. The van der Waals surface area contributed by atoms with Crippen LogP contribution in [0, 0.1) is 0 Å². The van der Waals surface area contributed by atoms with E-state index in [1.54, 1.807) is 0 Å². The number of nitrogens with one attached hydrogen (secondary N) is 1. The molecule has 0 amide bonds. The number of hydrogen-bond donors (Lipinski definition) is 1. The molecule has 4 atom stereocenters. The average molecular weight is 215 g/mol. The van der Waals surface area contributed by atoms with E-state index in [-0.39, 0.29) is 0 Å². The van der Waals surface area contributed by atoms with E-state index in [0.29, 0.717) is 0 Å². The van der Waals surface area contributed by atoms with Gasteiger partial charge in [-0.25, -0.2) is 0 Å². The number of hydrogen-bond acceptors (Lipinski definition) is 2. The van der Waals surface area contributed by atoms with E-state index >= 15 is 0 Å². The van der Waals surface area contributed by atoms with E-state index in [9.17, 15) is 0 Å². The molecule has 84 valence electrons. The molecule has 0 aliphatic carbocycles. The van der Waals surface area contributed by atoms with Crippen LogP contribution in [0.1, 0.15) is 53.4 Å². The molecule has 0 aromatic heterocycles. The van der Waals surface area contributed by atoms with Crippen molar-refractivity contribution in [1.82, 2.24) is 5.32 Å². The summed E-state index contributed by atoms with van der Waals surface area (Å²) in [5, 5.41) is 5.52. The molecule has 1 fully saturated rings. The van der Waals surface area contributed by atoms with Crippen molar-refractivity contribution in [1.29, 1.82) is 0 Å². The molecule has 0 bridgehead atoms. The summed E-state index contributed by atoms with van der Waals surface area (Å²) in [7, 11) is 0. The predicted molar refractivity (Wildman–Crippen MR) is 67.0 cm³/mol. The molecule has 1 nitrogen and oxygen atoms in total. The molecule has 2 heteroatoms. The van der Waals surface area contributed by atoms with E-state index in [4.69, 9.17) is 0 Å². The fraction of sp³-hybridized carbons (Fsp3) is 1.00. The Morgan fingerprint density at radius 3 is 1.50 bits per heavy atom. The maximum atomic E-state index is 3.83. The first-order valence-electron chi connectivity index (χ1n) is 6.18. The molecule has 4 unspecified atom stereocenters. The first-order chi connectivity index (χ1) is 6.76. The van der Waals surface area contributed by atoms with Crippen molar-refractivity contribution in [2.75, 3.05) is 0 Å². The lowest BCUT2D eigenvalue weighted by Crippen LogP contribution is -2.53. The molecule has 0 aromatic carbocycles. The summed E-state index contributed by atoms with van der Waals surface area (Å²) in [6.45, 7) is 9.25. The van der Waals surface area contributed by atoms with Crippen molar-refractivity contribution in [2.24, 2.45) is 0 Å². The van der Waals surface area contributed by atoms with Gasteiger partial charge in [0.15, 0.2) is 0 Å². The molecule has 0 saturated carbocycles. The third kappa shape index (κ3) is 2.66. The lowest BCUT2D eigenvalue weighted by molar-refractivity contribution is 0.363. The van der Waals surface area contributed by atoms with Gasteiger partial charge in [-0.1, -0.05) is 27.7 Å². The predicted octanol–water partition coefficient (Wildman–Crippen LogP) is 3.44. The van der Waals surface area contributed by atoms with Crippen LogP contribution in [0.15, 0.2) is 0 Å². The zero-order chi connectivity index (χ0) is 10.6. The number of thioether (sulfide) groups is 1. The minimum absolute atomic E-state index is 0.748. The quantitative estimate of drug-likeness (QED) is 0.771. The fourth-order valence-electron chi connectivity index (χ4n) is 2.43. The SMILES string of the molecule is CCC1NC(CC)C(CC)SC1CC. The van der Waals surface area contributed by atoms with E-state index in [2.05, 4.69) is 44.8 Å². The fourth-order valence-corrected chi connectivity index (χ4v) is 4.18.